The van der Waals surface area contributed by atoms with Gasteiger partial charge in [-0.2, -0.15) is 4.98 Å². The van der Waals surface area contributed by atoms with Crippen molar-refractivity contribution >= 4 is 39.9 Å². The van der Waals surface area contributed by atoms with Gasteiger partial charge < -0.3 is 30.7 Å². The van der Waals surface area contributed by atoms with E-state index in [9.17, 15) is 4.79 Å². The number of hydrogen-bond acceptors (Lipinski definition) is 9. The van der Waals surface area contributed by atoms with Crippen LogP contribution in [-0.2, 0) is 4.79 Å². The molecule has 1 aliphatic rings. The average molecular weight is 461 g/mol. The topological polar surface area (TPSA) is 120 Å². The van der Waals surface area contributed by atoms with Crippen molar-refractivity contribution in [3.8, 4) is 11.5 Å². The summed E-state index contributed by atoms with van der Waals surface area (Å²) >= 11 is 1.55. The molecule has 1 amide bonds. The van der Waals surface area contributed by atoms with Gasteiger partial charge in [-0.3, -0.25) is 4.79 Å². The van der Waals surface area contributed by atoms with E-state index >= 15 is 4.39 Å². The summed E-state index contributed by atoms with van der Waals surface area (Å²) in [6, 6.07) is 5.11. The highest BCUT2D eigenvalue weighted by atomic mass is 32.1. The molecule has 4 rings (SSSR count). The van der Waals surface area contributed by atoms with E-state index in [-0.39, 0.29) is 41.2 Å². The van der Waals surface area contributed by atoms with Crippen LogP contribution in [0.1, 0.15) is 17.3 Å². The Kier molecular flexibility index (Phi) is 6.28. The summed E-state index contributed by atoms with van der Waals surface area (Å²) in [7, 11) is 2.78. The lowest BCUT2D eigenvalue weighted by atomic mass is 10.1. The number of piperazine rings is 1. The zero-order valence-electron chi connectivity index (χ0n) is 17.9. The predicted octanol–water partition coefficient (Wildman–Crippen LogP) is 2.17. The Balaban J connectivity index is 1.49. The van der Waals surface area contributed by atoms with Gasteiger partial charge in [-0.1, -0.05) is 6.07 Å². The number of aromatic nitrogens is 2. The van der Waals surface area contributed by atoms with Crippen molar-refractivity contribution in [3.63, 3.8) is 0 Å². The Morgan fingerprint density at radius 1 is 1.25 bits per heavy atom. The lowest BCUT2D eigenvalue weighted by Crippen LogP contribution is -2.49. The maximum absolute atomic E-state index is 15.0. The van der Waals surface area contributed by atoms with Crippen LogP contribution in [0.4, 0.5) is 16.2 Å². The second kappa shape index (κ2) is 9.13. The minimum atomic E-state index is -0.659. The molecule has 1 fully saturated rings. The van der Waals surface area contributed by atoms with Gasteiger partial charge in [0, 0.05) is 48.9 Å². The number of benzene rings is 1. The second-order valence-corrected chi connectivity index (χ2v) is 8.40. The van der Waals surface area contributed by atoms with E-state index in [2.05, 4.69) is 9.97 Å². The van der Waals surface area contributed by atoms with Gasteiger partial charge in [-0.15, -0.1) is 11.3 Å². The van der Waals surface area contributed by atoms with Crippen LogP contribution in [0, 0.1) is 5.82 Å². The number of anilines is 2. The molecule has 0 saturated carbocycles. The number of halogens is 1. The number of nitrogens with zero attached hydrogens (tertiary/aromatic N) is 4. The van der Waals surface area contributed by atoms with E-state index in [1.807, 2.05) is 22.4 Å². The molecule has 4 N–H and O–H groups in total. The van der Waals surface area contributed by atoms with E-state index in [1.54, 1.807) is 22.3 Å². The fourth-order valence-corrected chi connectivity index (χ4v) is 4.49. The largest absolute Gasteiger partial charge is 0.493 e. The molecule has 0 bridgehead atoms. The molecule has 3 heterocycles. The fraction of sp³-hybridized carbons (Fsp3) is 0.381. The number of nitrogens with two attached hydrogens (primary N) is 2. The number of methoxy groups -OCH3 is 2. The molecule has 0 radical (unpaired) electrons. The molecule has 1 atom stereocenters. The van der Waals surface area contributed by atoms with E-state index < -0.39 is 5.82 Å². The molecule has 0 spiro atoms. The molecule has 3 aromatic rings. The van der Waals surface area contributed by atoms with Crippen LogP contribution in [0.15, 0.2) is 23.6 Å². The van der Waals surface area contributed by atoms with Crippen LogP contribution in [0.5, 0.6) is 11.5 Å². The molecule has 1 aliphatic heterocycles. The number of hydrogen-bond donors (Lipinski definition) is 2. The van der Waals surface area contributed by atoms with Crippen molar-refractivity contribution < 1.29 is 18.7 Å². The van der Waals surface area contributed by atoms with Crippen LogP contribution in [0.3, 0.4) is 0 Å². The van der Waals surface area contributed by atoms with E-state index in [0.29, 0.717) is 37.5 Å². The third kappa shape index (κ3) is 4.13. The van der Waals surface area contributed by atoms with Gasteiger partial charge >= 0.3 is 0 Å². The Morgan fingerprint density at radius 3 is 2.62 bits per heavy atom. The Morgan fingerprint density at radius 2 is 2.00 bits per heavy atom. The Bertz CT molecular complexity index is 1120. The van der Waals surface area contributed by atoms with Crippen molar-refractivity contribution in [2.75, 3.05) is 51.0 Å². The summed E-state index contributed by atoms with van der Waals surface area (Å²) in [4.78, 5) is 26.1. The molecule has 0 aliphatic carbocycles. The van der Waals surface area contributed by atoms with Crippen LogP contribution < -0.4 is 25.8 Å². The Hall–Kier alpha value is -3.18. The lowest BCUT2D eigenvalue weighted by molar-refractivity contribution is -0.131. The first-order chi connectivity index (χ1) is 15.4. The summed E-state index contributed by atoms with van der Waals surface area (Å²) in [6.07, 6.45) is 0.257. The SMILES string of the molecule is COc1cc2c(N)nc(N3CCN(C(=O)CC(N)c4cccs4)CC3)nc2c(F)c1OC. The summed E-state index contributed by atoms with van der Waals surface area (Å²) in [5.41, 5.74) is 12.3. The summed E-state index contributed by atoms with van der Waals surface area (Å²) in [5.74, 6) is -0.0234. The minimum Gasteiger partial charge on any atom is -0.493 e. The number of nitrogen functional groups attached to an aromatic ring is 1. The van der Waals surface area contributed by atoms with Crippen LogP contribution in [-0.4, -0.2) is 61.2 Å². The number of fused-ring (bicyclic) bond motifs is 1. The number of carbonyl (C=O) groups is 1. The van der Waals surface area contributed by atoms with E-state index in [4.69, 9.17) is 20.9 Å². The molecule has 2 aromatic heterocycles. The van der Waals surface area contributed by atoms with Gasteiger partial charge in [0.05, 0.1) is 14.2 Å². The molecular formula is C21H25FN6O3S. The van der Waals surface area contributed by atoms with E-state index in [1.165, 1.54) is 14.2 Å². The van der Waals surface area contributed by atoms with Crippen molar-refractivity contribution in [1.29, 1.82) is 0 Å². The van der Waals surface area contributed by atoms with Crippen molar-refractivity contribution in [2.45, 2.75) is 12.5 Å². The number of carbonyl (C=O) groups excluding carboxylic acids is 1. The first-order valence-electron chi connectivity index (χ1n) is 10.1. The van der Waals surface area contributed by atoms with Crippen molar-refractivity contribution in [2.24, 2.45) is 5.73 Å². The standard InChI is InChI=1S/C21H25FN6O3S/c1-30-14-10-12-18(17(22)19(14)31-2)25-21(26-20(12)24)28-7-5-27(6-8-28)16(29)11-13(23)15-4-3-9-32-15/h3-4,9-10,13H,5-8,11,23H2,1-2H3,(H2,24,25,26). The summed E-state index contributed by atoms with van der Waals surface area (Å²) < 4.78 is 25.3. The summed E-state index contributed by atoms with van der Waals surface area (Å²) in [5, 5.41) is 2.29. The second-order valence-electron chi connectivity index (χ2n) is 7.42. The number of rotatable bonds is 6. The monoisotopic (exact) mass is 460 g/mol. The van der Waals surface area contributed by atoms with Crippen molar-refractivity contribution in [1.82, 2.24) is 14.9 Å². The molecular weight excluding hydrogens is 435 g/mol. The molecule has 1 aromatic carbocycles. The maximum Gasteiger partial charge on any atom is 0.228 e. The van der Waals surface area contributed by atoms with Crippen LogP contribution in [0.25, 0.3) is 10.9 Å². The van der Waals surface area contributed by atoms with Gasteiger partial charge in [-0.05, 0) is 17.5 Å². The zero-order chi connectivity index (χ0) is 22.8. The molecule has 170 valence electrons. The normalized spacial score (nSPS) is 15.1. The van der Waals surface area contributed by atoms with Gasteiger partial charge in [0.1, 0.15) is 11.3 Å². The van der Waals surface area contributed by atoms with Gasteiger partial charge in [-0.25, -0.2) is 9.37 Å². The number of amides is 1. The summed E-state index contributed by atoms with van der Waals surface area (Å²) in [6.45, 7) is 1.98. The first kappa shape index (κ1) is 22.0. The number of thiophene rings is 1. The quantitative estimate of drug-likeness (QED) is 0.574. The molecule has 1 saturated heterocycles. The van der Waals surface area contributed by atoms with Gasteiger partial charge in [0.2, 0.25) is 11.9 Å². The van der Waals surface area contributed by atoms with Crippen molar-refractivity contribution in [3.05, 3.63) is 34.3 Å². The molecule has 11 heteroatoms. The number of ether oxygens (including phenoxy) is 2. The minimum absolute atomic E-state index is 0.00682. The highest BCUT2D eigenvalue weighted by Crippen LogP contribution is 2.37. The van der Waals surface area contributed by atoms with Gasteiger partial charge in [0.15, 0.2) is 17.3 Å². The van der Waals surface area contributed by atoms with E-state index in [0.717, 1.165) is 4.88 Å². The first-order valence-corrected chi connectivity index (χ1v) is 11.0. The van der Waals surface area contributed by atoms with Crippen LogP contribution in [0.2, 0.25) is 0 Å². The van der Waals surface area contributed by atoms with Gasteiger partial charge in [0.25, 0.3) is 0 Å². The molecule has 9 nitrogen and oxygen atoms in total. The third-order valence-corrected chi connectivity index (χ3v) is 6.52. The lowest BCUT2D eigenvalue weighted by Gasteiger charge is -2.35. The zero-order valence-corrected chi connectivity index (χ0v) is 18.7. The molecule has 1 unspecified atom stereocenters. The smallest absolute Gasteiger partial charge is 0.228 e. The predicted molar refractivity (Wildman–Crippen MR) is 122 cm³/mol. The Labute approximate surface area is 188 Å². The molecule has 32 heavy (non-hydrogen) atoms. The third-order valence-electron chi connectivity index (χ3n) is 5.51. The highest BCUT2D eigenvalue weighted by Gasteiger charge is 2.26. The average Bonchev–Trinajstić information content (AvgIpc) is 3.34. The highest BCUT2D eigenvalue weighted by molar-refractivity contribution is 7.10. The fourth-order valence-electron chi connectivity index (χ4n) is 3.76. The maximum atomic E-state index is 15.0. The van der Waals surface area contributed by atoms with Crippen LogP contribution >= 0.6 is 11.3 Å².